The predicted molar refractivity (Wildman–Crippen MR) is 98.9 cm³/mol. The Labute approximate surface area is 154 Å². The summed E-state index contributed by atoms with van der Waals surface area (Å²) in [5.41, 5.74) is 0.894. The van der Waals surface area contributed by atoms with E-state index in [4.69, 9.17) is 16.3 Å². The molecule has 0 saturated carbocycles. The summed E-state index contributed by atoms with van der Waals surface area (Å²) in [6.07, 6.45) is 0. The smallest absolute Gasteiger partial charge is 0.233 e. The number of rotatable bonds is 9. The van der Waals surface area contributed by atoms with Gasteiger partial charge in [-0.3, -0.25) is 4.79 Å². The summed E-state index contributed by atoms with van der Waals surface area (Å²) >= 11 is 8.88. The Morgan fingerprint density at radius 1 is 1.42 bits per heavy atom. The third-order valence-electron chi connectivity index (χ3n) is 3.05. The predicted octanol–water partition coefficient (Wildman–Crippen LogP) is 3.05. The van der Waals surface area contributed by atoms with Gasteiger partial charge in [-0.1, -0.05) is 52.9 Å². The molecular weight excluding hydrogens is 368 g/mol. The van der Waals surface area contributed by atoms with E-state index in [1.807, 2.05) is 25.1 Å². The van der Waals surface area contributed by atoms with Crippen LogP contribution in [0.3, 0.4) is 0 Å². The summed E-state index contributed by atoms with van der Waals surface area (Å²) in [4.78, 5) is 12.2. The van der Waals surface area contributed by atoms with Crippen molar-refractivity contribution >= 4 is 45.7 Å². The van der Waals surface area contributed by atoms with Crippen molar-refractivity contribution in [3.05, 3.63) is 34.9 Å². The average molecular weight is 387 g/mol. The van der Waals surface area contributed by atoms with Gasteiger partial charge in [0.25, 0.3) is 0 Å². The molecule has 1 atom stereocenters. The molecule has 0 fully saturated rings. The number of aromatic nitrogens is 2. The van der Waals surface area contributed by atoms with Gasteiger partial charge in [0.1, 0.15) is 0 Å². The number of benzene rings is 1. The van der Waals surface area contributed by atoms with E-state index in [0.717, 1.165) is 15.0 Å². The lowest BCUT2D eigenvalue weighted by Gasteiger charge is -2.11. The van der Waals surface area contributed by atoms with E-state index in [1.54, 1.807) is 13.2 Å². The molecule has 1 heterocycles. The number of nitrogens with one attached hydrogen (secondary N) is 2. The Balaban J connectivity index is 1.80. The van der Waals surface area contributed by atoms with Crippen molar-refractivity contribution < 1.29 is 9.53 Å². The van der Waals surface area contributed by atoms with Crippen LogP contribution < -0.4 is 10.6 Å². The first-order valence-corrected chi connectivity index (χ1v) is 9.41. The molecule has 1 aromatic heterocycles. The van der Waals surface area contributed by atoms with Gasteiger partial charge in [0.2, 0.25) is 11.0 Å². The molecule has 0 bridgehead atoms. The van der Waals surface area contributed by atoms with Crippen molar-refractivity contribution in [3.63, 3.8) is 0 Å². The second kappa shape index (κ2) is 9.83. The number of amides is 1. The van der Waals surface area contributed by atoms with Gasteiger partial charge in [-0.2, -0.15) is 0 Å². The van der Waals surface area contributed by atoms with E-state index < -0.39 is 0 Å². The summed E-state index contributed by atoms with van der Waals surface area (Å²) < 4.78 is 5.71. The monoisotopic (exact) mass is 386 g/mol. The van der Waals surface area contributed by atoms with Crippen LogP contribution in [-0.2, 0) is 16.1 Å². The highest BCUT2D eigenvalue weighted by atomic mass is 35.5. The van der Waals surface area contributed by atoms with Gasteiger partial charge >= 0.3 is 0 Å². The molecule has 2 aromatic rings. The summed E-state index contributed by atoms with van der Waals surface area (Å²) in [6, 6.07) is 7.45. The fourth-order valence-electron chi connectivity index (χ4n) is 1.76. The largest absolute Gasteiger partial charge is 0.383 e. The van der Waals surface area contributed by atoms with Gasteiger partial charge < -0.3 is 15.4 Å². The fourth-order valence-corrected chi connectivity index (χ4v) is 3.91. The third kappa shape index (κ3) is 5.94. The molecule has 0 unspecified atom stereocenters. The van der Waals surface area contributed by atoms with Crippen molar-refractivity contribution in [1.29, 1.82) is 0 Å². The molecule has 24 heavy (non-hydrogen) atoms. The molecule has 0 aliphatic rings. The highest BCUT2D eigenvalue weighted by Crippen LogP contribution is 2.28. The molecule has 9 heteroatoms. The van der Waals surface area contributed by atoms with Crippen LogP contribution in [0.1, 0.15) is 12.5 Å². The fraction of sp³-hybridized carbons (Fsp3) is 0.400. The minimum Gasteiger partial charge on any atom is -0.383 e. The molecule has 6 nitrogen and oxygen atoms in total. The summed E-state index contributed by atoms with van der Waals surface area (Å²) in [6.45, 7) is 3.52. The topological polar surface area (TPSA) is 76.1 Å². The maximum atomic E-state index is 12.2. The van der Waals surface area contributed by atoms with E-state index in [0.29, 0.717) is 24.7 Å². The van der Waals surface area contributed by atoms with Crippen molar-refractivity contribution in [1.82, 2.24) is 15.5 Å². The zero-order valence-electron chi connectivity index (χ0n) is 13.4. The van der Waals surface area contributed by atoms with Crippen LogP contribution in [0, 0.1) is 0 Å². The number of hydrogen-bond acceptors (Lipinski definition) is 7. The molecule has 1 amide bonds. The van der Waals surface area contributed by atoms with Gasteiger partial charge in [-0.25, -0.2) is 0 Å². The Kier molecular flexibility index (Phi) is 7.77. The number of halogens is 1. The minimum absolute atomic E-state index is 0.0657. The number of thioether (sulfide) groups is 1. The molecule has 0 spiro atoms. The highest BCUT2D eigenvalue weighted by molar-refractivity contribution is 8.02. The van der Waals surface area contributed by atoms with Crippen LogP contribution in [0.15, 0.2) is 28.6 Å². The number of methoxy groups -OCH3 is 1. The number of carbonyl (C=O) groups excluding carboxylic acids is 1. The van der Waals surface area contributed by atoms with Gasteiger partial charge in [0.15, 0.2) is 4.34 Å². The number of nitrogens with zero attached hydrogens (tertiary/aromatic N) is 2. The Hall–Kier alpha value is -1.35. The van der Waals surface area contributed by atoms with Gasteiger partial charge in [-0.05, 0) is 18.6 Å². The number of carbonyl (C=O) groups is 1. The molecular formula is C15H19ClN4O2S2. The van der Waals surface area contributed by atoms with E-state index in [9.17, 15) is 4.79 Å². The normalized spacial score (nSPS) is 12.0. The van der Waals surface area contributed by atoms with E-state index >= 15 is 0 Å². The highest BCUT2D eigenvalue weighted by Gasteiger charge is 2.17. The maximum absolute atomic E-state index is 12.2. The Morgan fingerprint density at radius 3 is 2.96 bits per heavy atom. The first-order chi connectivity index (χ1) is 11.6. The van der Waals surface area contributed by atoms with E-state index in [1.165, 1.54) is 23.1 Å². The minimum atomic E-state index is -0.271. The lowest BCUT2D eigenvalue weighted by Crippen LogP contribution is -2.30. The molecule has 1 aromatic carbocycles. The molecule has 2 N–H and O–H groups in total. The molecule has 130 valence electrons. The first kappa shape index (κ1) is 19.0. The zero-order chi connectivity index (χ0) is 17.4. The van der Waals surface area contributed by atoms with Crippen LogP contribution in [0.25, 0.3) is 0 Å². The summed E-state index contributed by atoms with van der Waals surface area (Å²) in [5, 5.41) is 15.2. The first-order valence-electron chi connectivity index (χ1n) is 7.34. The van der Waals surface area contributed by atoms with Crippen LogP contribution in [-0.4, -0.2) is 41.6 Å². The lowest BCUT2D eigenvalue weighted by atomic mass is 10.2. The molecule has 0 radical (unpaired) electrons. The second-order valence-corrected chi connectivity index (χ2v) is 7.83. The summed E-state index contributed by atoms with van der Waals surface area (Å²) in [5.74, 6) is -0.0657. The van der Waals surface area contributed by atoms with Crippen LogP contribution in [0.4, 0.5) is 5.13 Å². The van der Waals surface area contributed by atoms with Gasteiger partial charge in [-0.15, -0.1) is 10.2 Å². The molecule has 2 rings (SSSR count). The number of anilines is 1. The van der Waals surface area contributed by atoms with Crippen molar-refractivity contribution in [2.45, 2.75) is 23.1 Å². The van der Waals surface area contributed by atoms with Crippen LogP contribution in [0.2, 0.25) is 5.02 Å². The Bertz CT molecular complexity index is 668. The van der Waals surface area contributed by atoms with E-state index in [-0.39, 0.29) is 11.2 Å². The van der Waals surface area contributed by atoms with Gasteiger partial charge in [0, 0.05) is 25.2 Å². The maximum Gasteiger partial charge on any atom is 0.233 e. The van der Waals surface area contributed by atoms with Gasteiger partial charge in [0.05, 0.1) is 11.9 Å². The zero-order valence-corrected chi connectivity index (χ0v) is 15.8. The lowest BCUT2D eigenvalue weighted by molar-refractivity contribution is -0.120. The summed E-state index contributed by atoms with van der Waals surface area (Å²) in [7, 11) is 1.64. The second-order valence-electron chi connectivity index (χ2n) is 4.86. The van der Waals surface area contributed by atoms with Crippen molar-refractivity contribution in [2.24, 2.45) is 0 Å². The molecule has 0 saturated heterocycles. The average Bonchev–Trinajstić information content (AvgIpc) is 3.01. The number of hydrogen-bond donors (Lipinski definition) is 2. The standard InChI is InChI=1S/C15H19ClN4O2S2/c1-10(13(21)18-9-11-5-3-4-6-12(11)16)23-15-20-19-14(24-15)17-7-8-22-2/h3-6,10H,7-9H2,1-2H3,(H,17,19)(H,18,21)/t10-/m1/s1. The van der Waals surface area contributed by atoms with Crippen molar-refractivity contribution in [3.8, 4) is 0 Å². The van der Waals surface area contributed by atoms with Crippen LogP contribution in [0.5, 0.6) is 0 Å². The quantitative estimate of drug-likeness (QED) is 0.509. The number of ether oxygens (including phenoxy) is 1. The van der Waals surface area contributed by atoms with Crippen molar-refractivity contribution in [2.75, 3.05) is 25.6 Å². The third-order valence-corrected chi connectivity index (χ3v) is 5.48. The van der Waals surface area contributed by atoms with Crippen LogP contribution >= 0.6 is 34.7 Å². The SMILES string of the molecule is COCCNc1nnc(S[C@H](C)C(=O)NCc2ccccc2Cl)s1. The molecule has 0 aliphatic carbocycles. The Morgan fingerprint density at radius 2 is 2.21 bits per heavy atom. The van der Waals surface area contributed by atoms with E-state index in [2.05, 4.69) is 20.8 Å². The molecule has 0 aliphatic heterocycles.